The maximum absolute atomic E-state index is 10.5. The fourth-order valence-corrected chi connectivity index (χ4v) is 4.28. The number of anilines is 2. The van der Waals surface area contributed by atoms with Crippen LogP contribution in [-0.2, 0) is 0 Å². The fourth-order valence-electron chi connectivity index (χ4n) is 4.28. The van der Waals surface area contributed by atoms with Gasteiger partial charge in [0.15, 0.2) is 0 Å². The summed E-state index contributed by atoms with van der Waals surface area (Å²) in [5.41, 5.74) is 8.90. The number of rotatable bonds is 4. The van der Waals surface area contributed by atoms with Crippen molar-refractivity contribution in [2.75, 3.05) is 43.4 Å². The molecular formula is C21H29N5O3. The summed E-state index contributed by atoms with van der Waals surface area (Å²) in [5, 5.41) is 30.2. The molecule has 0 saturated carbocycles. The Morgan fingerprint density at radius 2 is 1.76 bits per heavy atom. The van der Waals surface area contributed by atoms with Gasteiger partial charge in [-0.25, -0.2) is 9.97 Å². The topological polar surface area (TPSA) is 119 Å². The van der Waals surface area contributed by atoms with Gasteiger partial charge >= 0.3 is 0 Å². The molecule has 0 bridgehead atoms. The van der Waals surface area contributed by atoms with E-state index in [0.29, 0.717) is 30.3 Å². The second-order valence-corrected chi connectivity index (χ2v) is 7.99. The van der Waals surface area contributed by atoms with Crippen LogP contribution in [0.25, 0.3) is 11.3 Å². The standard InChI is InChI=1S/C21H29N5O3/c1-2-25-7-5-13(6-8-25)16-10-17(24-21(22)23-16)15-9-14(3-4-18(15)27)26-11-19(28)20(29)12-26/h3-4,9-10,13,19-20,27-29H,2,5-8,11-12H2,1H3,(H2,22,23,24)/t19-,20-/m0/s1. The molecule has 4 rings (SSSR count). The van der Waals surface area contributed by atoms with Crippen LogP contribution in [0.1, 0.15) is 31.4 Å². The lowest BCUT2D eigenvalue weighted by Crippen LogP contribution is -2.32. The number of benzene rings is 1. The van der Waals surface area contributed by atoms with Crippen LogP contribution in [0.5, 0.6) is 5.75 Å². The number of β-amino-alcohol motifs (C(OH)–C–C–N with tert-alkyl or cyclic N) is 2. The summed E-state index contributed by atoms with van der Waals surface area (Å²) in [7, 11) is 0. The molecule has 0 aliphatic carbocycles. The van der Waals surface area contributed by atoms with E-state index in [1.807, 2.05) is 17.0 Å². The summed E-state index contributed by atoms with van der Waals surface area (Å²) in [6.45, 7) is 6.01. The van der Waals surface area contributed by atoms with Gasteiger partial charge in [-0.15, -0.1) is 0 Å². The molecule has 0 amide bonds. The zero-order chi connectivity index (χ0) is 20.5. The lowest BCUT2D eigenvalue weighted by atomic mass is 9.92. The lowest BCUT2D eigenvalue weighted by Gasteiger charge is -2.30. The quantitative estimate of drug-likeness (QED) is 0.605. The summed E-state index contributed by atoms with van der Waals surface area (Å²) in [6, 6.07) is 7.13. The number of aliphatic hydroxyl groups excluding tert-OH is 2. The first-order valence-corrected chi connectivity index (χ1v) is 10.3. The predicted octanol–water partition coefficient (Wildman–Crippen LogP) is 1.17. The van der Waals surface area contributed by atoms with Gasteiger partial charge in [0.1, 0.15) is 5.75 Å². The number of nitrogens with zero attached hydrogens (tertiary/aromatic N) is 4. The third-order valence-corrected chi connectivity index (χ3v) is 6.10. The Morgan fingerprint density at radius 1 is 1.07 bits per heavy atom. The van der Waals surface area contributed by atoms with Gasteiger partial charge in [-0.1, -0.05) is 6.92 Å². The zero-order valence-electron chi connectivity index (χ0n) is 16.7. The van der Waals surface area contributed by atoms with Crippen LogP contribution in [0, 0.1) is 0 Å². The Hall–Kier alpha value is -2.42. The van der Waals surface area contributed by atoms with Crippen molar-refractivity contribution >= 4 is 11.6 Å². The molecule has 2 fully saturated rings. The molecule has 1 aromatic heterocycles. The number of aliphatic hydroxyl groups is 2. The van der Waals surface area contributed by atoms with E-state index < -0.39 is 12.2 Å². The van der Waals surface area contributed by atoms with Gasteiger partial charge in [-0.2, -0.15) is 0 Å². The van der Waals surface area contributed by atoms with E-state index in [9.17, 15) is 15.3 Å². The van der Waals surface area contributed by atoms with Gasteiger partial charge in [0.2, 0.25) is 5.95 Å². The van der Waals surface area contributed by atoms with E-state index in [2.05, 4.69) is 21.8 Å². The van der Waals surface area contributed by atoms with Crippen molar-refractivity contribution in [2.45, 2.75) is 37.9 Å². The molecule has 8 nitrogen and oxygen atoms in total. The summed E-state index contributed by atoms with van der Waals surface area (Å²) in [5.74, 6) is 0.641. The number of nitrogen functional groups attached to an aromatic ring is 1. The first-order chi connectivity index (χ1) is 13.9. The van der Waals surface area contributed by atoms with Crippen molar-refractivity contribution < 1.29 is 15.3 Å². The Labute approximate surface area is 170 Å². The molecule has 8 heteroatoms. The van der Waals surface area contributed by atoms with Crippen molar-refractivity contribution in [1.29, 1.82) is 0 Å². The number of hydrogen-bond donors (Lipinski definition) is 4. The van der Waals surface area contributed by atoms with E-state index in [0.717, 1.165) is 43.9 Å². The smallest absolute Gasteiger partial charge is 0.220 e. The highest BCUT2D eigenvalue weighted by Crippen LogP contribution is 2.35. The van der Waals surface area contributed by atoms with Crippen molar-refractivity contribution in [2.24, 2.45) is 0 Å². The molecule has 0 radical (unpaired) electrons. The van der Waals surface area contributed by atoms with Crippen molar-refractivity contribution in [3.8, 4) is 17.0 Å². The maximum Gasteiger partial charge on any atom is 0.220 e. The van der Waals surface area contributed by atoms with Crippen LogP contribution in [0.2, 0.25) is 0 Å². The minimum Gasteiger partial charge on any atom is -0.507 e. The Balaban J connectivity index is 1.63. The normalized spacial score (nSPS) is 23.6. The van der Waals surface area contributed by atoms with Crippen molar-refractivity contribution in [3.63, 3.8) is 0 Å². The second-order valence-electron chi connectivity index (χ2n) is 7.99. The molecule has 3 heterocycles. The monoisotopic (exact) mass is 399 g/mol. The van der Waals surface area contributed by atoms with Crippen LogP contribution in [0.4, 0.5) is 11.6 Å². The molecule has 1 aromatic carbocycles. The average molecular weight is 399 g/mol. The van der Waals surface area contributed by atoms with Gasteiger partial charge < -0.3 is 30.9 Å². The Bertz CT molecular complexity index is 859. The molecule has 2 aromatic rings. The number of nitrogens with two attached hydrogens (primary N) is 1. The number of aromatic nitrogens is 2. The molecule has 2 saturated heterocycles. The summed E-state index contributed by atoms with van der Waals surface area (Å²) in [4.78, 5) is 13.2. The molecule has 2 atom stereocenters. The maximum atomic E-state index is 10.5. The van der Waals surface area contributed by atoms with Crippen molar-refractivity contribution in [1.82, 2.24) is 14.9 Å². The zero-order valence-corrected chi connectivity index (χ0v) is 16.7. The van der Waals surface area contributed by atoms with E-state index in [1.165, 1.54) is 0 Å². The highest BCUT2D eigenvalue weighted by Gasteiger charge is 2.30. The van der Waals surface area contributed by atoms with Crippen molar-refractivity contribution in [3.05, 3.63) is 30.0 Å². The van der Waals surface area contributed by atoms with Gasteiger partial charge in [0, 0.05) is 36.0 Å². The van der Waals surface area contributed by atoms with Crippen LogP contribution < -0.4 is 10.6 Å². The SMILES string of the molecule is CCN1CCC(c2cc(-c3cc(N4C[C@H](O)[C@@H](O)C4)ccc3O)nc(N)n2)CC1. The summed E-state index contributed by atoms with van der Waals surface area (Å²) >= 11 is 0. The number of aromatic hydroxyl groups is 1. The van der Waals surface area contributed by atoms with E-state index in [4.69, 9.17) is 5.73 Å². The van der Waals surface area contributed by atoms with E-state index >= 15 is 0 Å². The molecule has 2 aliphatic heterocycles. The number of piperidine rings is 1. The number of phenols is 1. The average Bonchev–Trinajstić information content (AvgIpc) is 3.06. The van der Waals surface area contributed by atoms with Gasteiger partial charge in [0.05, 0.1) is 17.9 Å². The third kappa shape index (κ3) is 4.14. The van der Waals surface area contributed by atoms with Crippen LogP contribution >= 0.6 is 0 Å². The lowest BCUT2D eigenvalue weighted by molar-refractivity contribution is 0.0572. The van der Waals surface area contributed by atoms with Crippen LogP contribution in [-0.4, -0.2) is 75.1 Å². The Morgan fingerprint density at radius 3 is 2.41 bits per heavy atom. The predicted molar refractivity (Wildman–Crippen MR) is 112 cm³/mol. The second kappa shape index (κ2) is 8.14. The van der Waals surface area contributed by atoms with E-state index in [1.54, 1.807) is 12.1 Å². The highest BCUT2D eigenvalue weighted by molar-refractivity contribution is 5.73. The fraction of sp³-hybridized carbons (Fsp3) is 0.524. The summed E-state index contributed by atoms with van der Waals surface area (Å²) < 4.78 is 0. The number of hydrogen-bond acceptors (Lipinski definition) is 8. The molecular weight excluding hydrogens is 370 g/mol. The summed E-state index contributed by atoms with van der Waals surface area (Å²) in [6.07, 6.45) is 0.503. The highest BCUT2D eigenvalue weighted by atomic mass is 16.3. The molecule has 0 unspecified atom stereocenters. The third-order valence-electron chi connectivity index (χ3n) is 6.10. The largest absolute Gasteiger partial charge is 0.507 e. The van der Waals surface area contributed by atoms with Crippen LogP contribution in [0.3, 0.4) is 0 Å². The molecule has 2 aliphatic rings. The van der Waals surface area contributed by atoms with E-state index in [-0.39, 0.29) is 11.7 Å². The minimum atomic E-state index is -0.775. The molecule has 156 valence electrons. The first-order valence-electron chi connectivity index (χ1n) is 10.3. The minimum absolute atomic E-state index is 0.110. The first kappa shape index (κ1) is 19.9. The Kier molecular flexibility index (Phi) is 5.58. The molecule has 29 heavy (non-hydrogen) atoms. The van der Waals surface area contributed by atoms with Crippen LogP contribution in [0.15, 0.2) is 24.3 Å². The number of phenolic OH excluding ortho intramolecular Hbond substituents is 1. The van der Waals surface area contributed by atoms with Gasteiger partial charge in [0.25, 0.3) is 0 Å². The molecule has 0 spiro atoms. The molecule has 5 N–H and O–H groups in total. The van der Waals surface area contributed by atoms with Gasteiger partial charge in [-0.3, -0.25) is 0 Å². The number of likely N-dealkylation sites (tertiary alicyclic amines) is 1. The van der Waals surface area contributed by atoms with Gasteiger partial charge in [-0.05, 0) is 56.7 Å².